The molecule has 1 fully saturated rings. The summed E-state index contributed by atoms with van der Waals surface area (Å²) in [6.07, 6.45) is 3.48. The van der Waals surface area contributed by atoms with Gasteiger partial charge in [0.15, 0.2) is 0 Å². The quantitative estimate of drug-likeness (QED) is 0.777. The minimum Gasteiger partial charge on any atom is -0.351 e. The zero-order valence-corrected chi connectivity index (χ0v) is 9.09. The van der Waals surface area contributed by atoms with Crippen molar-refractivity contribution in [3.8, 4) is 0 Å². The lowest BCUT2D eigenvalue weighted by atomic mass is 10.2. The highest BCUT2D eigenvalue weighted by molar-refractivity contribution is 7.99. The molecule has 5 heteroatoms. The number of rotatable bonds is 3. The third-order valence-electron chi connectivity index (χ3n) is 2.22. The largest absolute Gasteiger partial charge is 0.351 e. The van der Waals surface area contributed by atoms with Crippen molar-refractivity contribution in [2.45, 2.75) is 12.6 Å². The van der Waals surface area contributed by atoms with E-state index in [1.54, 1.807) is 24.2 Å². The standard InChI is InChI=1S/C10H13N3OS/c14-10(9-6-15-7-13-9)12-5-8-2-1-3-11-4-8/h1-4,9,13H,5-7H2,(H,12,14). The van der Waals surface area contributed by atoms with Crippen LogP contribution in [0.1, 0.15) is 5.56 Å². The first-order valence-electron chi connectivity index (χ1n) is 4.84. The highest BCUT2D eigenvalue weighted by Crippen LogP contribution is 2.09. The summed E-state index contributed by atoms with van der Waals surface area (Å²) in [5.41, 5.74) is 1.02. The number of thioether (sulfide) groups is 1. The van der Waals surface area contributed by atoms with Crippen LogP contribution in [0.3, 0.4) is 0 Å². The molecule has 1 atom stereocenters. The van der Waals surface area contributed by atoms with Gasteiger partial charge >= 0.3 is 0 Å². The van der Waals surface area contributed by atoms with E-state index in [1.807, 2.05) is 12.1 Å². The van der Waals surface area contributed by atoms with Gasteiger partial charge in [0.05, 0.1) is 6.04 Å². The molecule has 0 saturated carbocycles. The number of hydrogen-bond acceptors (Lipinski definition) is 4. The summed E-state index contributed by atoms with van der Waals surface area (Å²) in [7, 11) is 0. The number of carbonyl (C=O) groups excluding carboxylic acids is 1. The lowest BCUT2D eigenvalue weighted by molar-refractivity contribution is -0.122. The van der Waals surface area contributed by atoms with Crippen LogP contribution >= 0.6 is 11.8 Å². The Labute approximate surface area is 92.9 Å². The Bertz CT molecular complexity index is 325. The van der Waals surface area contributed by atoms with Crippen molar-refractivity contribution in [3.05, 3.63) is 30.1 Å². The topological polar surface area (TPSA) is 54.0 Å². The fourth-order valence-electron chi connectivity index (χ4n) is 1.38. The first-order chi connectivity index (χ1) is 7.36. The summed E-state index contributed by atoms with van der Waals surface area (Å²) >= 11 is 1.75. The molecule has 1 aromatic heterocycles. The molecule has 1 unspecified atom stereocenters. The molecule has 0 aromatic carbocycles. The molecule has 2 rings (SSSR count). The summed E-state index contributed by atoms with van der Waals surface area (Å²) in [5, 5.41) is 6.01. The number of aromatic nitrogens is 1. The molecule has 1 amide bonds. The van der Waals surface area contributed by atoms with Gasteiger partial charge in [-0.15, -0.1) is 11.8 Å². The van der Waals surface area contributed by atoms with Gasteiger partial charge < -0.3 is 5.32 Å². The predicted octanol–water partition coefficient (Wildman–Crippen LogP) is 0.360. The van der Waals surface area contributed by atoms with E-state index in [4.69, 9.17) is 0 Å². The van der Waals surface area contributed by atoms with Crippen molar-refractivity contribution in [3.63, 3.8) is 0 Å². The van der Waals surface area contributed by atoms with Crippen LogP contribution in [-0.2, 0) is 11.3 Å². The van der Waals surface area contributed by atoms with Gasteiger partial charge in [0.25, 0.3) is 0 Å². The van der Waals surface area contributed by atoms with Gasteiger partial charge in [-0.3, -0.25) is 15.1 Å². The van der Waals surface area contributed by atoms with E-state index in [2.05, 4.69) is 15.6 Å². The zero-order valence-electron chi connectivity index (χ0n) is 8.27. The third-order valence-corrected chi connectivity index (χ3v) is 3.16. The maximum absolute atomic E-state index is 11.6. The van der Waals surface area contributed by atoms with Gasteiger partial charge in [0, 0.05) is 30.6 Å². The summed E-state index contributed by atoms with van der Waals surface area (Å²) in [4.78, 5) is 15.6. The second-order valence-electron chi connectivity index (χ2n) is 3.35. The molecule has 2 heterocycles. The van der Waals surface area contributed by atoms with Crippen LogP contribution in [0.2, 0.25) is 0 Å². The Morgan fingerprint density at radius 1 is 1.73 bits per heavy atom. The SMILES string of the molecule is O=C(NCc1cccnc1)C1CSCN1. The lowest BCUT2D eigenvalue weighted by Gasteiger charge is -2.09. The van der Waals surface area contributed by atoms with E-state index >= 15 is 0 Å². The number of amides is 1. The molecule has 15 heavy (non-hydrogen) atoms. The first kappa shape index (κ1) is 10.4. The number of hydrogen-bond donors (Lipinski definition) is 2. The maximum atomic E-state index is 11.6. The van der Waals surface area contributed by atoms with E-state index in [-0.39, 0.29) is 11.9 Å². The summed E-state index contributed by atoms with van der Waals surface area (Å²) in [6, 6.07) is 3.78. The van der Waals surface area contributed by atoms with E-state index in [1.165, 1.54) is 0 Å². The zero-order chi connectivity index (χ0) is 10.5. The van der Waals surface area contributed by atoms with Crippen LogP contribution in [-0.4, -0.2) is 28.6 Å². The summed E-state index contributed by atoms with van der Waals surface area (Å²) < 4.78 is 0. The van der Waals surface area contributed by atoms with E-state index < -0.39 is 0 Å². The molecule has 4 nitrogen and oxygen atoms in total. The maximum Gasteiger partial charge on any atom is 0.238 e. The van der Waals surface area contributed by atoms with Gasteiger partial charge in [0.1, 0.15) is 0 Å². The molecule has 0 spiro atoms. The average Bonchev–Trinajstić information content (AvgIpc) is 2.81. The fraction of sp³-hybridized carbons (Fsp3) is 0.400. The Morgan fingerprint density at radius 2 is 2.67 bits per heavy atom. The fourth-order valence-corrected chi connectivity index (χ4v) is 2.32. The monoisotopic (exact) mass is 223 g/mol. The molecular formula is C10H13N3OS. The number of nitrogens with one attached hydrogen (secondary N) is 2. The molecule has 0 bridgehead atoms. The lowest BCUT2D eigenvalue weighted by Crippen LogP contribution is -2.41. The highest BCUT2D eigenvalue weighted by Gasteiger charge is 2.21. The van der Waals surface area contributed by atoms with Gasteiger partial charge in [-0.25, -0.2) is 0 Å². The smallest absolute Gasteiger partial charge is 0.238 e. The van der Waals surface area contributed by atoms with Crippen LogP contribution in [0, 0.1) is 0 Å². The average molecular weight is 223 g/mol. The minimum absolute atomic E-state index is 0.0355. The summed E-state index contributed by atoms with van der Waals surface area (Å²) in [5.74, 6) is 1.80. The van der Waals surface area contributed by atoms with Crippen LogP contribution in [0.25, 0.3) is 0 Å². The molecule has 80 valence electrons. The first-order valence-corrected chi connectivity index (χ1v) is 5.99. The van der Waals surface area contributed by atoms with E-state index in [0.717, 1.165) is 17.2 Å². The van der Waals surface area contributed by atoms with Crippen molar-refractivity contribution in [1.29, 1.82) is 0 Å². The molecular weight excluding hydrogens is 210 g/mol. The second-order valence-corrected chi connectivity index (χ2v) is 4.38. The van der Waals surface area contributed by atoms with E-state index in [9.17, 15) is 4.79 Å². The third kappa shape index (κ3) is 2.94. The Balaban J connectivity index is 1.80. The Kier molecular flexibility index (Phi) is 3.58. The normalized spacial score (nSPS) is 20.1. The van der Waals surface area contributed by atoms with Crippen molar-refractivity contribution >= 4 is 17.7 Å². The van der Waals surface area contributed by atoms with E-state index in [0.29, 0.717) is 6.54 Å². The van der Waals surface area contributed by atoms with Crippen LogP contribution < -0.4 is 10.6 Å². The molecule has 2 N–H and O–H groups in total. The predicted molar refractivity (Wildman–Crippen MR) is 60.3 cm³/mol. The second kappa shape index (κ2) is 5.14. The van der Waals surface area contributed by atoms with Crippen molar-refractivity contribution < 1.29 is 4.79 Å². The van der Waals surface area contributed by atoms with Crippen LogP contribution in [0.15, 0.2) is 24.5 Å². The molecule has 0 radical (unpaired) electrons. The van der Waals surface area contributed by atoms with Crippen LogP contribution in [0.5, 0.6) is 0 Å². The molecule has 1 aliphatic heterocycles. The Morgan fingerprint density at radius 3 is 3.33 bits per heavy atom. The minimum atomic E-state index is -0.0355. The van der Waals surface area contributed by atoms with Gasteiger partial charge in [0.2, 0.25) is 5.91 Å². The molecule has 1 saturated heterocycles. The molecule has 1 aliphatic rings. The summed E-state index contributed by atoms with van der Waals surface area (Å²) in [6.45, 7) is 0.551. The van der Waals surface area contributed by atoms with Crippen molar-refractivity contribution in [2.75, 3.05) is 11.6 Å². The number of pyridine rings is 1. The van der Waals surface area contributed by atoms with Crippen molar-refractivity contribution in [1.82, 2.24) is 15.6 Å². The number of nitrogens with zero attached hydrogens (tertiary/aromatic N) is 1. The van der Waals surface area contributed by atoms with Crippen LogP contribution in [0.4, 0.5) is 0 Å². The molecule has 0 aliphatic carbocycles. The van der Waals surface area contributed by atoms with Gasteiger partial charge in [-0.1, -0.05) is 6.07 Å². The van der Waals surface area contributed by atoms with Crippen molar-refractivity contribution in [2.24, 2.45) is 0 Å². The molecule has 1 aromatic rings. The Hall–Kier alpha value is -1.07. The van der Waals surface area contributed by atoms with Gasteiger partial charge in [-0.2, -0.15) is 0 Å². The van der Waals surface area contributed by atoms with Gasteiger partial charge in [-0.05, 0) is 11.6 Å². The highest BCUT2D eigenvalue weighted by atomic mass is 32.2. The number of carbonyl (C=O) groups is 1.